The van der Waals surface area contributed by atoms with E-state index in [9.17, 15) is 14.3 Å². The van der Waals surface area contributed by atoms with Crippen LogP contribution < -0.4 is 14.8 Å². The third kappa shape index (κ3) is 6.05. The number of benzene rings is 2. The molecule has 0 fully saturated rings. The summed E-state index contributed by atoms with van der Waals surface area (Å²) in [6.45, 7) is 0.631. The summed E-state index contributed by atoms with van der Waals surface area (Å²) in [5.74, 6) is -0.246. The van der Waals surface area contributed by atoms with E-state index in [0.717, 1.165) is 0 Å². The summed E-state index contributed by atoms with van der Waals surface area (Å²) in [5.41, 5.74) is 0.119. The average Bonchev–Trinajstić information content (AvgIpc) is 2.72. The number of rotatable bonds is 9. The largest absolute Gasteiger partial charge is 0.492 e. The number of aromatic carboxylic acids is 1. The summed E-state index contributed by atoms with van der Waals surface area (Å²) in [5, 5.41) is 12.9. The van der Waals surface area contributed by atoms with Crippen molar-refractivity contribution in [2.24, 2.45) is 0 Å². The molecule has 2 aromatic carbocycles. The van der Waals surface area contributed by atoms with Crippen LogP contribution in [0.15, 0.2) is 54.7 Å². The van der Waals surface area contributed by atoms with Crippen LogP contribution in [-0.2, 0) is 6.61 Å². The van der Waals surface area contributed by atoms with Crippen LogP contribution in [0.4, 0.5) is 10.3 Å². The Morgan fingerprint density at radius 3 is 2.41 bits per heavy atom. The minimum absolute atomic E-state index is 0.0740. The monoisotopic (exact) mass is 417 g/mol. The summed E-state index contributed by atoms with van der Waals surface area (Å²) in [7, 11) is 0. The van der Waals surface area contributed by atoms with E-state index in [2.05, 4.69) is 15.3 Å². The van der Waals surface area contributed by atoms with Crippen molar-refractivity contribution in [3.05, 3.63) is 76.8 Å². The second-order valence-corrected chi connectivity index (χ2v) is 6.27. The first-order valence-electron chi connectivity index (χ1n) is 8.61. The lowest BCUT2D eigenvalue weighted by Gasteiger charge is -2.11. The molecule has 0 saturated carbocycles. The zero-order chi connectivity index (χ0) is 20.6. The predicted octanol–water partition coefficient (Wildman–Crippen LogP) is 4.04. The van der Waals surface area contributed by atoms with Crippen LogP contribution >= 0.6 is 11.6 Å². The summed E-state index contributed by atoms with van der Waals surface area (Å²) in [6, 6.07) is 12.4. The lowest BCUT2D eigenvalue weighted by molar-refractivity contribution is 0.0692. The van der Waals surface area contributed by atoms with Crippen LogP contribution in [-0.4, -0.2) is 34.2 Å². The number of carbonyl (C=O) groups is 1. The third-order valence-electron chi connectivity index (χ3n) is 3.75. The van der Waals surface area contributed by atoms with Gasteiger partial charge in [0, 0.05) is 11.2 Å². The molecule has 0 aliphatic rings. The van der Waals surface area contributed by atoms with Gasteiger partial charge in [-0.05, 0) is 48.5 Å². The summed E-state index contributed by atoms with van der Waals surface area (Å²) in [6.07, 6.45) is 1.21. The maximum Gasteiger partial charge on any atom is 0.339 e. The minimum atomic E-state index is -1.17. The van der Waals surface area contributed by atoms with Crippen molar-refractivity contribution in [2.75, 3.05) is 18.5 Å². The van der Waals surface area contributed by atoms with Crippen LogP contribution in [0.5, 0.6) is 11.5 Å². The van der Waals surface area contributed by atoms with Gasteiger partial charge in [-0.15, -0.1) is 0 Å². The van der Waals surface area contributed by atoms with Gasteiger partial charge in [0.2, 0.25) is 5.95 Å². The van der Waals surface area contributed by atoms with Crippen molar-refractivity contribution >= 4 is 23.5 Å². The quantitative estimate of drug-likeness (QED) is 0.507. The number of nitrogens with one attached hydrogen (secondary N) is 1. The average molecular weight is 418 g/mol. The van der Waals surface area contributed by atoms with Gasteiger partial charge < -0.3 is 19.9 Å². The van der Waals surface area contributed by atoms with E-state index in [4.69, 9.17) is 21.1 Å². The lowest BCUT2D eigenvalue weighted by atomic mass is 10.2. The molecule has 0 spiro atoms. The standard InChI is InChI=1S/C20H17ClFN3O4/c21-13-1-5-15(6-2-13)28-10-9-23-20-24-11-17(19(26)27)18(25-20)12-29-16-7-3-14(22)4-8-16/h1-8,11H,9-10,12H2,(H,26,27)(H,23,24,25). The second-order valence-electron chi connectivity index (χ2n) is 5.83. The Bertz CT molecular complexity index is 968. The molecule has 0 aliphatic carbocycles. The molecule has 0 saturated heterocycles. The molecular weight excluding hydrogens is 401 g/mol. The molecule has 0 amide bonds. The zero-order valence-electron chi connectivity index (χ0n) is 15.1. The van der Waals surface area contributed by atoms with Gasteiger partial charge in [-0.3, -0.25) is 0 Å². The molecule has 7 nitrogen and oxygen atoms in total. The minimum Gasteiger partial charge on any atom is -0.492 e. The highest BCUT2D eigenvalue weighted by molar-refractivity contribution is 6.30. The molecule has 3 aromatic rings. The highest BCUT2D eigenvalue weighted by Gasteiger charge is 2.14. The van der Waals surface area contributed by atoms with Gasteiger partial charge in [0.25, 0.3) is 0 Å². The summed E-state index contributed by atoms with van der Waals surface area (Å²) < 4.78 is 24.0. The molecule has 0 aliphatic heterocycles. The van der Waals surface area contributed by atoms with Crippen molar-refractivity contribution in [1.82, 2.24) is 9.97 Å². The maximum absolute atomic E-state index is 13.0. The van der Waals surface area contributed by atoms with Crippen molar-refractivity contribution < 1.29 is 23.8 Å². The fraction of sp³-hybridized carbons (Fsp3) is 0.150. The Hall–Kier alpha value is -3.39. The van der Waals surface area contributed by atoms with Crippen molar-refractivity contribution in [2.45, 2.75) is 6.61 Å². The topological polar surface area (TPSA) is 93.6 Å². The molecule has 2 N–H and O–H groups in total. The number of carboxylic acid groups (broad SMARTS) is 1. The molecule has 3 rings (SSSR count). The Kier molecular flexibility index (Phi) is 6.80. The normalized spacial score (nSPS) is 10.4. The number of hydrogen-bond acceptors (Lipinski definition) is 6. The zero-order valence-corrected chi connectivity index (χ0v) is 15.9. The van der Waals surface area contributed by atoms with Gasteiger partial charge in [-0.2, -0.15) is 0 Å². The Balaban J connectivity index is 1.58. The molecule has 0 unspecified atom stereocenters. The number of ether oxygens (including phenoxy) is 2. The Labute approximate surface area is 171 Å². The molecule has 1 heterocycles. The molecule has 29 heavy (non-hydrogen) atoms. The van der Waals surface area contributed by atoms with E-state index in [1.54, 1.807) is 24.3 Å². The van der Waals surface area contributed by atoms with E-state index in [0.29, 0.717) is 29.7 Å². The number of carboxylic acids is 1. The van der Waals surface area contributed by atoms with E-state index in [-0.39, 0.29) is 23.8 Å². The highest BCUT2D eigenvalue weighted by atomic mass is 35.5. The summed E-state index contributed by atoms with van der Waals surface area (Å²) in [4.78, 5) is 19.6. The fourth-order valence-corrected chi connectivity index (χ4v) is 2.46. The van der Waals surface area contributed by atoms with Gasteiger partial charge >= 0.3 is 5.97 Å². The van der Waals surface area contributed by atoms with Gasteiger partial charge in [0.05, 0.1) is 12.2 Å². The van der Waals surface area contributed by atoms with E-state index >= 15 is 0 Å². The van der Waals surface area contributed by atoms with Gasteiger partial charge in [-0.25, -0.2) is 19.2 Å². The van der Waals surface area contributed by atoms with E-state index in [1.165, 1.54) is 30.5 Å². The Morgan fingerprint density at radius 1 is 1.07 bits per heavy atom. The van der Waals surface area contributed by atoms with Crippen LogP contribution in [0.1, 0.15) is 16.1 Å². The first-order chi connectivity index (χ1) is 14.0. The first-order valence-corrected chi connectivity index (χ1v) is 8.99. The third-order valence-corrected chi connectivity index (χ3v) is 4.01. The molecule has 1 aromatic heterocycles. The van der Waals surface area contributed by atoms with E-state index in [1.807, 2.05) is 0 Å². The number of anilines is 1. The van der Waals surface area contributed by atoms with Gasteiger partial charge in [0.1, 0.15) is 36.1 Å². The molecule has 0 atom stereocenters. The second kappa shape index (κ2) is 9.70. The number of hydrogen-bond donors (Lipinski definition) is 2. The van der Waals surface area contributed by atoms with Crippen LogP contribution in [0.3, 0.4) is 0 Å². The number of aromatic nitrogens is 2. The number of nitrogens with zero attached hydrogens (tertiary/aromatic N) is 2. The maximum atomic E-state index is 13.0. The SMILES string of the molecule is O=C(O)c1cnc(NCCOc2ccc(Cl)cc2)nc1COc1ccc(F)cc1. The van der Waals surface area contributed by atoms with Crippen molar-refractivity contribution in [3.8, 4) is 11.5 Å². The van der Waals surface area contributed by atoms with Crippen molar-refractivity contribution in [1.29, 1.82) is 0 Å². The predicted molar refractivity (Wildman–Crippen MR) is 105 cm³/mol. The van der Waals surface area contributed by atoms with Crippen LogP contribution in [0.2, 0.25) is 5.02 Å². The van der Waals surface area contributed by atoms with Crippen LogP contribution in [0.25, 0.3) is 0 Å². The van der Waals surface area contributed by atoms with E-state index < -0.39 is 11.8 Å². The highest BCUT2D eigenvalue weighted by Crippen LogP contribution is 2.17. The van der Waals surface area contributed by atoms with Crippen LogP contribution in [0, 0.1) is 5.82 Å². The first kappa shape index (κ1) is 20.3. The smallest absolute Gasteiger partial charge is 0.339 e. The molecule has 150 valence electrons. The van der Waals surface area contributed by atoms with Gasteiger partial charge in [-0.1, -0.05) is 11.6 Å². The molecule has 0 radical (unpaired) electrons. The lowest BCUT2D eigenvalue weighted by Crippen LogP contribution is -2.16. The Morgan fingerprint density at radius 2 is 1.72 bits per heavy atom. The summed E-state index contributed by atoms with van der Waals surface area (Å²) >= 11 is 5.82. The molecule has 9 heteroatoms. The number of halogens is 2. The van der Waals surface area contributed by atoms with Crippen molar-refractivity contribution in [3.63, 3.8) is 0 Å². The molecule has 0 bridgehead atoms. The van der Waals surface area contributed by atoms with Gasteiger partial charge in [0.15, 0.2) is 0 Å². The fourth-order valence-electron chi connectivity index (χ4n) is 2.34. The molecular formula is C20H17ClFN3O4.